The molecule has 0 spiro atoms. The zero-order valence-corrected chi connectivity index (χ0v) is 9.51. The number of hydrogen-bond donors (Lipinski definition) is 0. The number of benzene rings is 1. The van der Waals surface area contributed by atoms with E-state index >= 15 is 0 Å². The lowest BCUT2D eigenvalue weighted by Gasteiger charge is -2.26. The van der Waals surface area contributed by atoms with Crippen molar-refractivity contribution in [2.75, 3.05) is 0 Å². The number of hydrogen-bond acceptors (Lipinski definition) is 4. The van der Waals surface area contributed by atoms with Crippen molar-refractivity contribution in [2.24, 2.45) is 0 Å². The topological polar surface area (TPSA) is 69.4 Å². The third-order valence-electron chi connectivity index (χ3n) is 2.90. The number of Topliss-reactive ketones (excluding diaryl/α,β-unsaturated/α-hetero) is 1. The van der Waals surface area contributed by atoms with Gasteiger partial charge in [0, 0.05) is 0 Å². The van der Waals surface area contributed by atoms with Gasteiger partial charge in [-0.25, -0.2) is 0 Å². The number of ketones is 1. The van der Waals surface area contributed by atoms with Crippen molar-refractivity contribution in [3.05, 3.63) is 33.9 Å². The number of nitrogens with zero attached hydrogens (tertiary/aromatic N) is 1. The second-order valence-corrected chi connectivity index (χ2v) is 4.16. The van der Waals surface area contributed by atoms with Gasteiger partial charge in [0.1, 0.15) is 5.75 Å². The predicted octanol–water partition coefficient (Wildman–Crippen LogP) is 2.73. The Morgan fingerprint density at radius 3 is 2.65 bits per heavy atom. The van der Waals surface area contributed by atoms with E-state index in [2.05, 4.69) is 0 Å². The molecule has 5 nitrogen and oxygen atoms in total. The SMILES string of the molecule is CC(=O)c1ccc(OC2CCC2)cc1[N+](=O)[O-]. The zero-order valence-electron chi connectivity index (χ0n) is 9.51. The highest BCUT2D eigenvalue weighted by Crippen LogP contribution is 2.29. The van der Waals surface area contributed by atoms with Crippen LogP contribution in [0.25, 0.3) is 0 Å². The Hall–Kier alpha value is -1.91. The second-order valence-electron chi connectivity index (χ2n) is 4.16. The van der Waals surface area contributed by atoms with Gasteiger partial charge in [-0.05, 0) is 38.3 Å². The normalized spacial score (nSPS) is 15.1. The molecule has 0 atom stereocenters. The van der Waals surface area contributed by atoms with Gasteiger partial charge in [0.2, 0.25) is 0 Å². The molecular weight excluding hydrogens is 222 g/mol. The van der Waals surface area contributed by atoms with Crippen LogP contribution >= 0.6 is 0 Å². The van der Waals surface area contributed by atoms with E-state index in [0.717, 1.165) is 19.3 Å². The molecule has 0 N–H and O–H groups in total. The summed E-state index contributed by atoms with van der Waals surface area (Å²) in [7, 11) is 0. The third kappa shape index (κ3) is 2.43. The number of carbonyl (C=O) groups excluding carboxylic acids is 1. The lowest BCUT2D eigenvalue weighted by molar-refractivity contribution is -0.385. The maximum Gasteiger partial charge on any atom is 0.283 e. The van der Waals surface area contributed by atoms with Gasteiger partial charge in [-0.15, -0.1) is 0 Å². The molecule has 90 valence electrons. The van der Waals surface area contributed by atoms with Gasteiger partial charge in [-0.3, -0.25) is 14.9 Å². The molecule has 0 bridgehead atoms. The fraction of sp³-hybridized carbons (Fsp3) is 0.417. The van der Waals surface area contributed by atoms with E-state index in [1.807, 2.05) is 0 Å². The molecule has 1 fully saturated rings. The van der Waals surface area contributed by atoms with Crippen LogP contribution < -0.4 is 4.74 Å². The van der Waals surface area contributed by atoms with Crippen LogP contribution in [0, 0.1) is 10.1 Å². The summed E-state index contributed by atoms with van der Waals surface area (Å²) in [6, 6.07) is 4.39. The van der Waals surface area contributed by atoms with E-state index in [4.69, 9.17) is 4.74 Å². The Labute approximate surface area is 98.5 Å². The standard InChI is InChI=1S/C12H13NO4/c1-8(14)11-6-5-10(7-12(11)13(15)16)17-9-3-2-4-9/h5-7,9H,2-4H2,1H3. The molecule has 0 amide bonds. The molecule has 0 radical (unpaired) electrons. The first-order valence-electron chi connectivity index (χ1n) is 5.54. The molecule has 1 saturated carbocycles. The first-order valence-corrected chi connectivity index (χ1v) is 5.54. The number of nitro groups is 1. The fourth-order valence-corrected chi connectivity index (χ4v) is 1.71. The Morgan fingerprint density at radius 2 is 2.18 bits per heavy atom. The van der Waals surface area contributed by atoms with Gasteiger partial charge >= 0.3 is 0 Å². The van der Waals surface area contributed by atoms with Crippen molar-refractivity contribution in [3.8, 4) is 5.75 Å². The summed E-state index contributed by atoms with van der Waals surface area (Å²) in [6.45, 7) is 1.31. The van der Waals surface area contributed by atoms with Gasteiger partial charge in [-0.2, -0.15) is 0 Å². The van der Waals surface area contributed by atoms with Gasteiger partial charge in [-0.1, -0.05) is 0 Å². The minimum Gasteiger partial charge on any atom is -0.490 e. The molecule has 0 unspecified atom stereocenters. The summed E-state index contributed by atoms with van der Waals surface area (Å²) in [5.74, 6) is 0.151. The summed E-state index contributed by atoms with van der Waals surface area (Å²) in [4.78, 5) is 21.5. The van der Waals surface area contributed by atoms with E-state index in [1.54, 1.807) is 6.07 Å². The molecule has 1 aliphatic rings. The minimum atomic E-state index is -0.551. The lowest BCUT2D eigenvalue weighted by Crippen LogP contribution is -2.24. The van der Waals surface area contributed by atoms with Crippen molar-refractivity contribution in [1.82, 2.24) is 0 Å². The van der Waals surface area contributed by atoms with Crippen LogP contribution in [0.15, 0.2) is 18.2 Å². The number of rotatable bonds is 4. The maximum atomic E-state index is 11.2. The molecule has 0 aliphatic heterocycles. The van der Waals surface area contributed by atoms with Gasteiger partial charge in [0.05, 0.1) is 22.7 Å². The van der Waals surface area contributed by atoms with Crippen LogP contribution in [0.2, 0.25) is 0 Å². The average molecular weight is 235 g/mol. The highest BCUT2D eigenvalue weighted by Gasteiger charge is 2.22. The van der Waals surface area contributed by atoms with E-state index in [1.165, 1.54) is 19.1 Å². The monoisotopic (exact) mass is 235 g/mol. The summed E-state index contributed by atoms with van der Waals surface area (Å²) >= 11 is 0. The van der Waals surface area contributed by atoms with Crippen LogP contribution in [0.1, 0.15) is 36.5 Å². The summed E-state index contributed by atoms with van der Waals surface area (Å²) in [6.07, 6.45) is 3.28. The number of nitro benzene ring substituents is 1. The highest BCUT2D eigenvalue weighted by molar-refractivity contribution is 5.98. The molecule has 17 heavy (non-hydrogen) atoms. The average Bonchev–Trinajstić information content (AvgIpc) is 2.23. The third-order valence-corrected chi connectivity index (χ3v) is 2.90. The Morgan fingerprint density at radius 1 is 1.47 bits per heavy atom. The predicted molar refractivity (Wildman–Crippen MR) is 61.4 cm³/mol. The first-order chi connectivity index (χ1) is 8.08. The quantitative estimate of drug-likeness (QED) is 0.457. The van der Waals surface area contributed by atoms with Crippen molar-refractivity contribution in [1.29, 1.82) is 0 Å². The van der Waals surface area contributed by atoms with E-state index in [0.29, 0.717) is 5.75 Å². The molecule has 2 rings (SSSR count). The van der Waals surface area contributed by atoms with E-state index in [9.17, 15) is 14.9 Å². The lowest BCUT2D eigenvalue weighted by atomic mass is 9.96. The minimum absolute atomic E-state index is 0.121. The van der Waals surface area contributed by atoms with Crippen molar-refractivity contribution in [2.45, 2.75) is 32.3 Å². The van der Waals surface area contributed by atoms with Gasteiger partial charge in [0.15, 0.2) is 5.78 Å². The Balaban J connectivity index is 2.27. The largest absolute Gasteiger partial charge is 0.490 e. The molecule has 5 heteroatoms. The maximum absolute atomic E-state index is 11.2. The number of carbonyl (C=O) groups is 1. The molecule has 1 aromatic carbocycles. The van der Waals surface area contributed by atoms with Gasteiger partial charge < -0.3 is 4.74 Å². The van der Waals surface area contributed by atoms with Crippen LogP contribution in [0.5, 0.6) is 5.75 Å². The van der Waals surface area contributed by atoms with Crippen LogP contribution in [0.3, 0.4) is 0 Å². The van der Waals surface area contributed by atoms with Crippen LogP contribution in [-0.4, -0.2) is 16.8 Å². The smallest absolute Gasteiger partial charge is 0.283 e. The van der Waals surface area contributed by atoms with Crippen LogP contribution in [-0.2, 0) is 0 Å². The number of ether oxygens (including phenoxy) is 1. The Bertz CT molecular complexity index is 466. The van der Waals surface area contributed by atoms with Crippen molar-refractivity contribution < 1.29 is 14.5 Å². The van der Waals surface area contributed by atoms with E-state index < -0.39 is 4.92 Å². The summed E-state index contributed by atoms with van der Waals surface area (Å²) in [5, 5.41) is 10.8. The molecule has 0 heterocycles. The molecule has 0 aromatic heterocycles. The zero-order chi connectivity index (χ0) is 12.4. The molecule has 1 aliphatic carbocycles. The van der Waals surface area contributed by atoms with Gasteiger partial charge in [0.25, 0.3) is 5.69 Å². The molecule has 0 saturated heterocycles. The first kappa shape index (κ1) is 11.6. The molecule has 1 aromatic rings. The Kier molecular flexibility index (Phi) is 3.08. The summed E-state index contributed by atoms with van der Waals surface area (Å²) < 4.78 is 5.56. The van der Waals surface area contributed by atoms with E-state index in [-0.39, 0.29) is 23.1 Å². The van der Waals surface area contributed by atoms with Crippen molar-refractivity contribution in [3.63, 3.8) is 0 Å². The van der Waals surface area contributed by atoms with Crippen LogP contribution in [0.4, 0.5) is 5.69 Å². The molecular formula is C12H13NO4. The highest BCUT2D eigenvalue weighted by atomic mass is 16.6. The fourth-order valence-electron chi connectivity index (χ4n) is 1.71. The summed E-state index contributed by atoms with van der Waals surface area (Å²) in [5.41, 5.74) is -0.0646. The second kappa shape index (κ2) is 4.53. The van der Waals surface area contributed by atoms with Crippen molar-refractivity contribution >= 4 is 11.5 Å².